The second-order valence-electron chi connectivity index (χ2n) is 10.7. The Hall–Kier alpha value is -2.67. The summed E-state index contributed by atoms with van der Waals surface area (Å²) in [6.07, 6.45) is 7.79. The predicted molar refractivity (Wildman–Crippen MR) is 154 cm³/mol. The molecule has 5 nitrogen and oxygen atoms in total. The van der Waals surface area contributed by atoms with E-state index in [-0.39, 0.29) is 18.1 Å². The van der Waals surface area contributed by atoms with E-state index in [4.69, 9.17) is 4.74 Å². The minimum atomic E-state index is -3.46. The Balaban J connectivity index is 1.26. The Morgan fingerprint density at radius 3 is 2.32 bits per heavy atom. The van der Waals surface area contributed by atoms with E-state index >= 15 is 0 Å². The molecule has 38 heavy (non-hydrogen) atoms. The number of unbranched alkanes of at least 4 members (excludes halogenated alkanes) is 3. The van der Waals surface area contributed by atoms with E-state index in [9.17, 15) is 8.42 Å². The first-order chi connectivity index (χ1) is 18.5. The van der Waals surface area contributed by atoms with Crippen molar-refractivity contribution in [1.29, 1.82) is 0 Å². The summed E-state index contributed by atoms with van der Waals surface area (Å²) in [7, 11) is -1.77. The van der Waals surface area contributed by atoms with Gasteiger partial charge in [0.2, 0.25) is 0 Å². The average Bonchev–Trinajstić information content (AvgIpc) is 3.57. The second kappa shape index (κ2) is 12.0. The number of methoxy groups -OCH3 is 1. The SMILES string of the molecule is CCCCCCc1ccc(S(=O)(=O)[C@@H]2[C@@H](NCc3ccc(-c4ccccc4OC)cc3)[C@@H]3CC[C@H]2N3)cc1. The summed E-state index contributed by atoms with van der Waals surface area (Å²) in [6.45, 7) is 2.84. The Labute approximate surface area is 227 Å². The molecule has 3 aromatic carbocycles. The number of sulfone groups is 1. The lowest BCUT2D eigenvalue weighted by Crippen LogP contribution is -2.50. The Morgan fingerprint density at radius 2 is 1.58 bits per heavy atom. The number of nitrogens with one attached hydrogen (secondary N) is 2. The largest absolute Gasteiger partial charge is 0.496 e. The van der Waals surface area contributed by atoms with Crippen LogP contribution in [0.5, 0.6) is 5.75 Å². The van der Waals surface area contributed by atoms with Crippen molar-refractivity contribution in [2.24, 2.45) is 0 Å². The molecule has 4 atom stereocenters. The highest BCUT2D eigenvalue weighted by Crippen LogP contribution is 2.36. The highest BCUT2D eigenvalue weighted by Gasteiger charge is 2.53. The number of hydrogen-bond acceptors (Lipinski definition) is 5. The molecule has 2 heterocycles. The zero-order valence-corrected chi connectivity index (χ0v) is 23.3. The minimum absolute atomic E-state index is 0.00384. The molecule has 6 heteroatoms. The monoisotopic (exact) mass is 532 g/mol. The highest BCUT2D eigenvalue weighted by molar-refractivity contribution is 7.92. The molecule has 5 rings (SSSR count). The van der Waals surface area contributed by atoms with Gasteiger partial charge in [-0.1, -0.05) is 80.8 Å². The summed E-state index contributed by atoms with van der Waals surface area (Å²) >= 11 is 0. The molecule has 2 aliphatic heterocycles. The maximum Gasteiger partial charge on any atom is 0.184 e. The lowest BCUT2D eigenvalue weighted by Gasteiger charge is -2.30. The van der Waals surface area contributed by atoms with Crippen LogP contribution in [-0.2, 0) is 22.8 Å². The van der Waals surface area contributed by atoms with Crippen LogP contribution in [-0.4, -0.2) is 38.9 Å². The van der Waals surface area contributed by atoms with Crippen molar-refractivity contribution in [2.75, 3.05) is 7.11 Å². The molecular formula is C32H40N2O3S. The van der Waals surface area contributed by atoms with Crippen LogP contribution in [0.1, 0.15) is 56.6 Å². The zero-order valence-electron chi connectivity index (χ0n) is 22.5. The predicted octanol–water partition coefficient (Wildman–Crippen LogP) is 5.92. The zero-order chi connectivity index (χ0) is 26.5. The third kappa shape index (κ3) is 5.68. The molecule has 202 valence electrons. The van der Waals surface area contributed by atoms with Gasteiger partial charge in [0.15, 0.2) is 9.84 Å². The van der Waals surface area contributed by atoms with E-state index in [1.54, 1.807) is 7.11 Å². The Morgan fingerprint density at radius 1 is 0.868 bits per heavy atom. The number of para-hydroxylation sites is 1. The summed E-state index contributed by atoms with van der Waals surface area (Å²) < 4.78 is 33.2. The van der Waals surface area contributed by atoms with Crippen molar-refractivity contribution < 1.29 is 13.2 Å². The molecule has 0 unspecified atom stereocenters. The first kappa shape index (κ1) is 26.9. The quantitative estimate of drug-likeness (QED) is 0.284. The van der Waals surface area contributed by atoms with Gasteiger partial charge in [0, 0.05) is 30.2 Å². The van der Waals surface area contributed by atoms with Crippen molar-refractivity contribution in [2.45, 2.75) is 86.7 Å². The van der Waals surface area contributed by atoms with Crippen LogP contribution in [0.25, 0.3) is 11.1 Å². The molecule has 2 bridgehead atoms. The van der Waals surface area contributed by atoms with Crippen molar-refractivity contribution >= 4 is 9.84 Å². The van der Waals surface area contributed by atoms with Gasteiger partial charge in [-0.25, -0.2) is 8.42 Å². The topological polar surface area (TPSA) is 67.4 Å². The van der Waals surface area contributed by atoms with Gasteiger partial charge < -0.3 is 15.4 Å². The van der Waals surface area contributed by atoms with E-state index in [1.807, 2.05) is 42.5 Å². The highest BCUT2D eigenvalue weighted by atomic mass is 32.2. The fourth-order valence-corrected chi connectivity index (χ4v) is 8.32. The first-order valence-electron chi connectivity index (χ1n) is 14.1. The number of ether oxygens (including phenoxy) is 1. The number of aryl methyl sites for hydroxylation is 1. The number of fused-ring (bicyclic) bond motifs is 2. The normalized spacial score (nSPS) is 22.6. The third-order valence-electron chi connectivity index (χ3n) is 8.24. The smallest absolute Gasteiger partial charge is 0.184 e. The second-order valence-corrected chi connectivity index (χ2v) is 12.8. The van der Waals surface area contributed by atoms with E-state index in [1.165, 1.54) is 24.8 Å². The number of hydrogen-bond donors (Lipinski definition) is 2. The maximum atomic E-state index is 13.8. The van der Waals surface area contributed by atoms with Crippen LogP contribution in [0.3, 0.4) is 0 Å². The molecule has 2 fully saturated rings. The fourth-order valence-electron chi connectivity index (χ4n) is 6.17. The molecule has 2 saturated heterocycles. The summed E-state index contributed by atoms with van der Waals surface area (Å²) in [6, 6.07) is 24.2. The lowest BCUT2D eigenvalue weighted by molar-refractivity contribution is 0.409. The molecule has 0 radical (unpaired) electrons. The van der Waals surface area contributed by atoms with Crippen LogP contribution in [0, 0.1) is 0 Å². The molecule has 2 aliphatic rings. The van der Waals surface area contributed by atoms with Gasteiger partial charge in [0.25, 0.3) is 0 Å². The fraction of sp³-hybridized carbons (Fsp3) is 0.438. The van der Waals surface area contributed by atoms with Crippen molar-refractivity contribution in [3.8, 4) is 16.9 Å². The van der Waals surface area contributed by atoms with Gasteiger partial charge in [-0.15, -0.1) is 0 Å². The van der Waals surface area contributed by atoms with E-state index in [0.29, 0.717) is 11.4 Å². The van der Waals surface area contributed by atoms with Gasteiger partial charge in [0.05, 0.1) is 17.3 Å². The van der Waals surface area contributed by atoms with Crippen LogP contribution in [0.15, 0.2) is 77.7 Å². The van der Waals surface area contributed by atoms with Crippen LogP contribution >= 0.6 is 0 Å². The van der Waals surface area contributed by atoms with Crippen LogP contribution < -0.4 is 15.4 Å². The van der Waals surface area contributed by atoms with E-state index < -0.39 is 15.1 Å². The van der Waals surface area contributed by atoms with Gasteiger partial charge in [0.1, 0.15) is 5.75 Å². The van der Waals surface area contributed by atoms with Crippen molar-refractivity contribution in [3.05, 3.63) is 83.9 Å². The van der Waals surface area contributed by atoms with Crippen molar-refractivity contribution in [3.63, 3.8) is 0 Å². The average molecular weight is 533 g/mol. The molecule has 0 saturated carbocycles. The lowest BCUT2D eigenvalue weighted by atomic mass is 9.94. The number of benzene rings is 3. The summed E-state index contributed by atoms with van der Waals surface area (Å²) in [4.78, 5) is 0.446. The van der Waals surface area contributed by atoms with Gasteiger partial charge >= 0.3 is 0 Å². The standard InChI is InChI=1S/C32H40N2O3S/c1-3-4-5-6-9-23-14-18-26(19-15-23)38(35,36)32-29-21-20-28(34-29)31(32)33-22-24-12-16-25(17-13-24)27-10-7-8-11-30(27)37-2/h7-8,10-19,28-29,31-34H,3-6,9,20-22H2,1-2H3/t28-,29+,31-,32-/m0/s1. The molecular weight excluding hydrogens is 492 g/mol. The molecule has 0 aromatic heterocycles. The summed E-state index contributed by atoms with van der Waals surface area (Å²) in [5.41, 5.74) is 4.51. The third-order valence-corrected chi connectivity index (χ3v) is 10.5. The van der Waals surface area contributed by atoms with Crippen LogP contribution in [0.4, 0.5) is 0 Å². The first-order valence-corrected chi connectivity index (χ1v) is 15.6. The Kier molecular flexibility index (Phi) is 8.51. The molecule has 3 aromatic rings. The van der Waals surface area contributed by atoms with Crippen LogP contribution in [0.2, 0.25) is 0 Å². The summed E-state index contributed by atoms with van der Waals surface area (Å²) in [5, 5.41) is 6.75. The molecule has 2 N–H and O–H groups in total. The van der Waals surface area contributed by atoms with Gasteiger partial charge in [-0.05, 0) is 60.6 Å². The Bertz CT molecular complexity index is 1310. The van der Waals surface area contributed by atoms with E-state index in [2.05, 4.69) is 47.9 Å². The van der Waals surface area contributed by atoms with Crippen molar-refractivity contribution in [1.82, 2.24) is 10.6 Å². The molecule has 0 aliphatic carbocycles. The van der Waals surface area contributed by atoms with E-state index in [0.717, 1.165) is 48.1 Å². The minimum Gasteiger partial charge on any atom is -0.496 e. The van der Waals surface area contributed by atoms with Gasteiger partial charge in [-0.2, -0.15) is 0 Å². The molecule has 0 amide bonds. The van der Waals surface area contributed by atoms with Gasteiger partial charge in [-0.3, -0.25) is 0 Å². The summed E-state index contributed by atoms with van der Waals surface area (Å²) in [5.74, 6) is 0.851. The molecule has 0 spiro atoms. The number of rotatable bonds is 12. The maximum absolute atomic E-state index is 13.8.